The minimum Gasteiger partial charge on any atom is -0.481 e. The fraction of sp³-hybridized carbons (Fsp3) is 0.333. The lowest BCUT2D eigenvalue weighted by atomic mass is 10.1. The number of carboxylic acid groups (broad SMARTS) is 1. The molecule has 0 aliphatic heterocycles. The van der Waals surface area contributed by atoms with E-state index >= 15 is 0 Å². The third kappa shape index (κ3) is 9.05. The zero-order chi connectivity index (χ0) is 21.1. The van der Waals surface area contributed by atoms with Gasteiger partial charge in [-0.25, -0.2) is 0 Å². The topological polar surface area (TPSA) is 113 Å². The number of carbonyl (C=O) groups is 2. The van der Waals surface area contributed by atoms with Crippen LogP contribution in [0.3, 0.4) is 0 Å². The molecule has 156 valence electrons. The summed E-state index contributed by atoms with van der Waals surface area (Å²) in [5, 5.41) is 11.2. The number of rotatable bonds is 12. The number of carbonyl (C=O) groups excluding carboxylic acids is 1. The Hall–Kier alpha value is -2.47. The van der Waals surface area contributed by atoms with E-state index in [0.717, 1.165) is 11.1 Å². The number of benzene rings is 2. The lowest BCUT2D eigenvalue weighted by Crippen LogP contribution is -2.38. The first-order valence-electron chi connectivity index (χ1n) is 9.43. The van der Waals surface area contributed by atoms with Crippen molar-refractivity contribution in [2.24, 2.45) is 0 Å². The monoisotopic (exact) mass is 419 g/mol. The summed E-state index contributed by atoms with van der Waals surface area (Å²) in [6.07, 6.45) is -0.311. The predicted molar refractivity (Wildman–Crippen MR) is 110 cm³/mol. The summed E-state index contributed by atoms with van der Waals surface area (Å²) in [6, 6.07) is 18.6. The number of carboxylic acids is 1. The van der Waals surface area contributed by atoms with Crippen molar-refractivity contribution in [2.75, 3.05) is 12.7 Å². The summed E-state index contributed by atoms with van der Waals surface area (Å²) in [5.41, 5.74) is 1.83. The molecule has 2 unspecified atom stereocenters. The van der Waals surface area contributed by atoms with Gasteiger partial charge in [0.05, 0.1) is 12.6 Å². The van der Waals surface area contributed by atoms with Gasteiger partial charge in [0.1, 0.15) is 6.10 Å². The van der Waals surface area contributed by atoms with Crippen molar-refractivity contribution in [3.8, 4) is 0 Å². The van der Waals surface area contributed by atoms with Gasteiger partial charge < -0.3 is 15.3 Å². The molecule has 1 amide bonds. The summed E-state index contributed by atoms with van der Waals surface area (Å²) in [7, 11) is -4.00. The van der Waals surface area contributed by atoms with Crippen molar-refractivity contribution >= 4 is 19.5 Å². The molecule has 2 atom stereocenters. The third-order valence-corrected chi connectivity index (χ3v) is 5.70. The number of hydrogen-bond donors (Lipinski definition) is 3. The molecule has 0 aliphatic rings. The molecule has 2 rings (SSSR count). The highest BCUT2D eigenvalue weighted by atomic mass is 31.2. The highest BCUT2D eigenvalue weighted by Crippen LogP contribution is 2.44. The van der Waals surface area contributed by atoms with Crippen molar-refractivity contribution in [3.63, 3.8) is 0 Å². The normalized spacial score (nSPS) is 14.0. The quantitative estimate of drug-likeness (QED) is 0.456. The molecule has 3 N–H and O–H groups in total. The van der Waals surface area contributed by atoms with Crippen LogP contribution in [0.25, 0.3) is 0 Å². The Morgan fingerprint density at radius 3 is 2.17 bits per heavy atom. The van der Waals surface area contributed by atoms with Gasteiger partial charge in [-0.2, -0.15) is 0 Å². The summed E-state index contributed by atoms with van der Waals surface area (Å²) in [4.78, 5) is 33.3. The predicted octanol–water partition coefficient (Wildman–Crippen LogP) is 3.02. The minimum absolute atomic E-state index is 0.0738. The molecule has 0 fully saturated rings. The Kier molecular flexibility index (Phi) is 9.06. The number of aliphatic carboxylic acids is 1. The van der Waals surface area contributed by atoms with E-state index in [0.29, 0.717) is 12.8 Å². The van der Waals surface area contributed by atoms with Crippen molar-refractivity contribution in [3.05, 3.63) is 71.8 Å². The molecule has 2 aromatic rings. The van der Waals surface area contributed by atoms with E-state index in [1.54, 1.807) is 24.3 Å². The standard InChI is InChI=1S/C21H26NO6P/c23-20(24)13-14-22-21(25)19(16-18-10-5-2-6-11-18)28-29(26,27)15-7-12-17-8-3-1-4-9-17/h1-6,8-11,19H,7,12-16H2,(H,22,25)(H,23,24)(H,26,27). The fourth-order valence-electron chi connectivity index (χ4n) is 2.79. The molecule has 0 spiro atoms. The lowest BCUT2D eigenvalue weighted by Gasteiger charge is -2.21. The zero-order valence-corrected chi connectivity index (χ0v) is 17.0. The maximum Gasteiger partial charge on any atom is 0.328 e. The second-order valence-corrected chi connectivity index (χ2v) is 8.60. The summed E-state index contributed by atoms with van der Waals surface area (Å²) >= 11 is 0. The summed E-state index contributed by atoms with van der Waals surface area (Å²) in [6.45, 7) is -0.0768. The highest BCUT2D eigenvalue weighted by Gasteiger charge is 2.29. The molecule has 0 saturated heterocycles. The number of amides is 1. The van der Waals surface area contributed by atoms with E-state index in [9.17, 15) is 19.0 Å². The van der Waals surface area contributed by atoms with Crippen LogP contribution in [0.4, 0.5) is 0 Å². The van der Waals surface area contributed by atoms with E-state index in [-0.39, 0.29) is 25.5 Å². The minimum atomic E-state index is -4.00. The summed E-state index contributed by atoms with van der Waals surface area (Å²) in [5.74, 6) is -1.65. The van der Waals surface area contributed by atoms with Crippen LogP contribution < -0.4 is 5.32 Å². The molecule has 8 heteroatoms. The largest absolute Gasteiger partial charge is 0.481 e. The maximum atomic E-state index is 12.6. The smallest absolute Gasteiger partial charge is 0.328 e. The highest BCUT2D eigenvalue weighted by molar-refractivity contribution is 7.52. The van der Waals surface area contributed by atoms with E-state index in [2.05, 4.69) is 5.32 Å². The fourth-order valence-corrected chi connectivity index (χ4v) is 4.02. The molecule has 29 heavy (non-hydrogen) atoms. The van der Waals surface area contributed by atoms with Gasteiger partial charge in [-0.1, -0.05) is 60.7 Å². The summed E-state index contributed by atoms with van der Waals surface area (Å²) < 4.78 is 17.9. The van der Waals surface area contributed by atoms with Gasteiger partial charge in [0.15, 0.2) is 0 Å². The first-order valence-corrected chi connectivity index (χ1v) is 11.2. The number of nitrogens with one attached hydrogen (secondary N) is 1. The molecule has 0 aromatic heterocycles. The Morgan fingerprint density at radius 1 is 1.00 bits per heavy atom. The second-order valence-electron chi connectivity index (χ2n) is 6.67. The van der Waals surface area contributed by atoms with E-state index in [4.69, 9.17) is 9.63 Å². The average molecular weight is 419 g/mol. The van der Waals surface area contributed by atoms with Gasteiger partial charge in [0.25, 0.3) is 0 Å². The number of aryl methyl sites for hydroxylation is 1. The Labute approximate surface area is 170 Å². The third-order valence-electron chi connectivity index (χ3n) is 4.24. The van der Waals surface area contributed by atoms with Crippen LogP contribution >= 0.6 is 7.60 Å². The van der Waals surface area contributed by atoms with Gasteiger partial charge in [-0.3, -0.25) is 18.7 Å². The lowest BCUT2D eigenvalue weighted by molar-refractivity contribution is -0.137. The molecule has 0 aliphatic carbocycles. The van der Waals surface area contributed by atoms with Crippen LogP contribution in [0.1, 0.15) is 24.0 Å². The van der Waals surface area contributed by atoms with Gasteiger partial charge in [0, 0.05) is 13.0 Å². The molecule has 2 aromatic carbocycles. The van der Waals surface area contributed by atoms with Crippen LogP contribution in [0.15, 0.2) is 60.7 Å². The first-order chi connectivity index (χ1) is 13.9. The average Bonchev–Trinajstić information content (AvgIpc) is 2.68. The van der Waals surface area contributed by atoms with E-state index < -0.39 is 25.6 Å². The molecular formula is C21H26NO6P. The molecule has 0 radical (unpaired) electrons. The van der Waals surface area contributed by atoms with Gasteiger partial charge >= 0.3 is 13.6 Å². The van der Waals surface area contributed by atoms with Crippen LogP contribution in [0.2, 0.25) is 0 Å². The maximum absolute atomic E-state index is 12.6. The van der Waals surface area contributed by atoms with Crippen molar-refractivity contribution in [2.45, 2.75) is 31.8 Å². The van der Waals surface area contributed by atoms with Crippen LogP contribution in [0.5, 0.6) is 0 Å². The van der Waals surface area contributed by atoms with Crippen LogP contribution in [0, 0.1) is 0 Å². The van der Waals surface area contributed by atoms with Crippen molar-refractivity contribution in [1.29, 1.82) is 0 Å². The van der Waals surface area contributed by atoms with Crippen molar-refractivity contribution < 1.29 is 28.7 Å². The SMILES string of the molecule is O=C(O)CCNC(=O)C(Cc1ccccc1)OP(=O)(O)CCCc1ccccc1. The Morgan fingerprint density at radius 2 is 1.59 bits per heavy atom. The molecule has 7 nitrogen and oxygen atoms in total. The first kappa shape index (κ1) is 22.8. The van der Waals surface area contributed by atoms with Crippen LogP contribution in [-0.2, 0) is 31.5 Å². The van der Waals surface area contributed by atoms with E-state index in [1.807, 2.05) is 36.4 Å². The molecule has 0 bridgehead atoms. The molecular weight excluding hydrogens is 393 g/mol. The Balaban J connectivity index is 1.97. The van der Waals surface area contributed by atoms with Crippen molar-refractivity contribution in [1.82, 2.24) is 5.32 Å². The van der Waals surface area contributed by atoms with Gasteiger partial charge in [-0.15, -0.1) is 0 Å². The molecule has 0 heterocycles. The van der Waals surface area contributed by atoms with Gasteiger partial charge in [0.2, 0.25) is 5.91 Å². The second kappa shape index (κ2) is 11.5. The van der Waals surface area contributed by atoms with Gasteiger partial charge in [-0.05, 0) is 24.0 Å². The zero-order valence-electron chi connectivity index (χ0n) is 16.1. The number of hydrogen-bond acceptors (Lipinski definition) is 4. The molecule has 0 saturated carbocycles. The van der Waals surface area contributed by atoms with E-state index in [1.165, 1.54) is 0 Å². The van der Waals surface area contributed by atoms with Crippen LogP contribution in [-0.4, -0.2) is 40.7 Å². The Bertz CT molecular complexity index is 828.